The largest absolute Gasteiger partial charge is 0.478 e. The number of amides is 1. The van der Waals surface area contributed by atoms with Gasteiger partial charge in [0.2, 0.25) is 0 Å². The molecule has 1 aliphatic carbocycles. The molecule has 1 amide bonds. The Labute approximate surface area is 204 Å². The number of hydrogen-bond donors (Lipinski definition) is 2. The second-order valence-corrected chi connectivity index (χ2v) is 8.99. The van der Waals surface area contributed by atoms with Crippen molar-refractivity contribution in [3.63, 3.8) is 0 Å². The van der Waals surface area contributed by atoms with Gasteiger partial charge in [-0.1, -0.05) is 35.9 Å². The van der Waals surface area contributed by atoms with E-state index in [4.69, 9.17) is 16.7 Å². The van der Waals surface area contributed by atoms with Crippen molar-refractivity contribution in [3.8, 4) is 0 Å². The molecule has 0 bridgehead atoms. The summed E-state index contributed by atoms with van der Waals surface area (Å²) in [6, 6.07) is 5.11. The van der Waals surface area contributed by atoms with Gasteiger partial charge in [0.05, 0.1) is 11.6 Å². The monoisotopic (exact) mass is 508 g/mol. The quantitative estimate of drug-likeness (QED) is 0.564. The van der Waals surface area contributed by atoms with Crippen molar-refractivity contribution in [1.29, 1.82) is 0 Å². The van der Waals surface area contributed by atoms with Crippen LogP contribution >= 0.6 is 11.6 Å². The summed E-state index contributed by atoms with van der Waals surface area (Å²) < 4.78 is 43.1. The predicted molar refractivity (Wildman–Crippen MR) is 125 cm³/mol. The zero-order chi connectivity index (χ0) is 25.3. The van der Waals surface area contributed by atoms with E-state index in [1.165, 1.54) is 28.9 Å². The fraction of sp³-hybridized carbons (Fsp3) is 0.375. The van der Waals surface area contributed by atoms with Crippen LogP contribution in [0.3, 0.4) is 0 Å². The summed E-state index contributed by atoms with van der Waals surface area (Å²) in [5.41, 5.74) is -0.330. The standard InChI is InChI=1S/C24H24ClF3N4O3/c1-14(15-7-9-16(10-8-15)23(34)35)29-21(33)19-20(24(26,27)28)30-32-12-4-11-31(22(19)32)13-17-5-2-3-6-18(17)25/h2,5,7-10,14H,3-4,6,11-13H2,1H3,(H,29,33)(H,34,35). The number of carbonyl (C=O) groups excluding carboxylic acids is 1. The van der Waals surface area contributed by atoms with Crippen LogP contribution in [0, 0.1) is 0 Å². The molecule has 2 N–H and O–H groups in total. The van der Waals surface area contributed by atoms with Gasteiger partial charge in [-0.05, 0) is 49.5 Å². The molecule has 1 aliphatic heterocycles. The highest BCUT2D eigenvalue weighted by atomic mass is 35.5. The van der Waals surface area contributed by atoms with Crippen LogP contribution in [0.25, 0.3) is 0 Å². The molecule has 4 rings (SSSR count). The molecule has 0 saturated heterocycles. The molecule has 186 valence electrons. The van der Waals surface area contributed by atoms with E-state index in [-0.39, 0.29) is 24.5 Å². The SMILES string of the molecule is CC(NC(=O)c1c(C(F)(F)F)nn2c1N(CC1=C(Cl)CCC=C1)CCC2)c1ccc(C(=O)O)cc1. The zero-order valence-corrected chi connectivity index (χ0v) is 19.7. The van der Waals surface area contributed by atoms with E-state index in [0.29, 0.717) is 30.0 Å². The Morgan fingerprint density at radius 2 is 1.94 bits per heavy atom. The zero-order valence-electron chi connectivity index (χ0n) is 18.9. The molecule has 1 aromatic heterocycles. The van der Waals surface area contributed by atoms with Crippen LogP contribution in [0.5, 0.6) is 0 Å². The Morgan fingerprint density at radius 1 is 1.23 bits per heavy atom. The van der Waals surface area contributed by atoms with E-state index >= 15 is 0 Å². The maximum absolute atomic E-state index is 14.0. The van der Waals surface area contributed by atoms with Gasteiger partial charge in [-0.25, -0.2) is 9.48 Å². The van der Waals surface area contributed by atoms with Gasteiger partial charge in [0.15, 0.2) is 5.69 Å². The third-order valence-corrected chi connectivity index (χ3v) is 6.51. The van der Waals surface area contributed by atoms with Gasteiger partial charge < -0.3 is 15.3 Å². The Bertz CT molecular complexity index is 1200. The molecular formula is C24H24ClF3N4O3. The van der Waals surface area contributed by atoms with E-state index in [2.05, 4.69) is 10.4 Å². The lowest BCUT2D eigenvalue weighted by molar-refractivity contribution is -0.141. The normalized spacial score (nSPS) is 16.8. The van der Waals surface area contributed by atoms with Crippen molar-refractivity contribution >= 4 is 29.3 Å². The number of aryl methyl sites for hydroxylation is 1. The minimum Gasteiger partial charge on any atom is -0.478 e. The number of carboxylic acid groups (broad SMARTS) is 1. The van der Waals surface area contributed by atoms with Gasteiger partial charge in [-0.2, -0.15) is 18.3 Å². The molecule has 2 aliphatic rings. The number of rotatable bonds is 6. The summed E-state index contributed by atoms with van der Waals surface area (Å²) in [6.07, 6.45) is 1.06. The number of carboxylic acids is 1. The number of alkyl halides is 3. The van der Waals surface area contributed by atoms with Crippen LogP contribution < -0.4 is 10.2 Å². The van der Waals surface area contributed by atoms with Crippen molar-refractivity contribution in [2.24, 2.45) is 0 Å². The molecule has 1 atom stereocenters. The second kappa shape index (κ2) is 9.77. The van der Waals surface area contributed by atoms with Gasteiger partial charge in [-0.15, -0.1) is 0 Å². The van der Waals surface area contributed by atoms with E-state index in [1.54, 1.807) is 11.8 Å². The molecule has 11 heteroatoms. The fourth-order valence-electron chi connectivity index (χ4n) is 4.31. The molecule has 0 fully saturated rings. The van der Waals surface area contributed by atoms with Crippen molar-refractivity contribution in [1.82, 2.24) is 15.1 Å². The summed E-state index contributed by atoms with van der Waals surface area (Å²) in [5.74, 6) is -1.89. The highest BCUT2D eigenvalue weighted by Gasteiger charge is 2.43. The van der Waals surface area contributed by atoms with E-state index < -0.39 is 35.4 Å². The average molecular weight is 509 g/mol. The van der Waals surface area contributed by atoms with E-state index in [0.717, 1.165) is 12.0 Å². The highest BCUT2D eigenvalue weighted by Crippen LogP contribution is 2.38. The molecule has 0 saturated carbocycles. The Kier molecular flexibility index (Phi) is 6.93. The molecule has 1 unspecified atom stereocenters. The third kappa shape index (κ3) is 5.22. The van der Waals surface area contributed by atoms with Crippen molar-refractivity contribution < 1.29 is 27.9 Å². The van der Waals surface area contributed by atoms with E-state index in [9.17, 15) is 22.8 Å². The Balaban J connectivity index is 1.68. The number of carbonyl (C=O) groups is 2. The van der Waals surface area contributed by atoms with Crippen molar-refractivity contribution in [3.05, 3.63) is 69.4 Å². The number of allylic oxidation sites excluding steroid dienone is 2. The summed E-state index contributed by atoms with van der Waals surface area (Å²) in [4.78, 5) is 26.1. The lowest BCUT2D eigenvalue weighted by Crippen LogP contribution is -2.36. The van der Waals surface area contributed by atoms with Gasteiger partial charge in [-0.3, -0.25) is 4.79 Å². The molecule has 35 heavy (non-hydrogen) atoms. The van der Waals surface area contributed by atoms with Gasteiger partial charge in [0.1, 0.15) is 11.4 Å². The Morgan fingerprint density at radius 3 is 2.57 bits per heavy atom. The maximum Gasteiger partial charge on any atom is 0.436 e. The smallest absolute Gasteiger partial charge is 0.436 e. The molecule has 0 radical (unpaired) electrons. The highest BCUT2D eigenvalue weighted by molar-refractivity contribution is 6.30. The number of fused-ring (bicyclic) bond motifs is 1. The number of anilines is 1. The van der Waals surface area contributed by atoms with Gasteiger partial charge in [0.25, 0.3) is 5.91 Å². The summed E-state index contributed by atoms with van der Waals surface area (Å²) in [7, 11) is 0. The van der Waals surface area contributed by atoms with Crippen LogP contribution in [0.4, 0.5) is 19.0 Å². The van der Waals surface area contributed by atoms with Crippen molar-refractivity contribution in [2.75, 3.05) is 18.0 Å². The second-order valence-electron chi connectivity index (χ2n) is 8.54. The number of nitrogens with one attached hydrogen (secondary N) is 1. The number of aromatic nitrogens is 2. The minimum atomic E-state index is -4.82. The summed E-state index contributed by atoms with van der Waals surface area (Å²) in [5, 5.41) is 16.1. The lowest BCUT2D eigenvalue weighted by atomic mass is 10.0. The topological polar surface area (TPSA) is 87.5 Å². The number of halogens is 4. The van der Waals surface area contributed by atoms with Gasteiger partial charge >= 0.3 is 12.1 Å². The molecule has 1 aromatic carbocycles. The number of aromatic carboxylic acids is 1. The van der Waals surface area contributed by atoms with Crippen LogP contribution in [0.15, 0.2) is 47.0 Å². The molecule has 0 spiro atoms. The molecule has 2 heterocycles. The van der Waals surface area contributed by atoms with Crippen LogP contribution in [0.2, 0.25) is 0 Å². The summed E-state index contributed by atoms with van der Waals surface area (Å²) >= 11 is 6.36. The predicted octanol–water partition coefficient (Wildman–Crippen LogP) is 5.14. The fourth-order valence-corrected chi connectivity index (χ4v) is 4.54. The van der Waals surface area contributed by atoms with Gasteiger partial charge in [0, 0.05) is 24.7 Å². The number of nitrogens with zero attached hydrogens (tertiary/aromatic N) is 3. The first-order valence-corrected chi connectivity index (χ1v) is 11.5. The minimum absolute atomic E-state index is 0.0673. The van der Waals surface area contributed by atoms with Crippen LogP contribution in [-0.4, -0.2) is 39.9 Å². The first-order valence-electron chi connectivity index (χ1n) is 11.2. The summed E-state index contributed by atoms with van der Waals surface area (Å²) in [6.45, 7) is 2.60. The lowest BCUT2D eigenvalue weighted by Gasteiger charge is -2.31. The van der Waals surface area contributed by atoms with Crippen molar-refractivity contribution in [2.45, 2.75) is 44.9 Å². The molecule has 2 aromatic rings. The average Bonchev–Trinajstić information content (AvgIpc) is 3.22. The third-order valence-electron chi connectivity index (χ3n) is 6.08. The van der Waals surface area contributed by atoms with Crippen LogP contribution in [-0.2, 0) is 12.7 Å². The first kappa shape index (κ1) is 24.8. The Hall–Kier alpha value is -3.27. The van der Waals surface area contributed by atoms with Crippen LogP contribution in [0.1, 0.15) is 64.2 Å². The number of hydrogen-bond acceptors (Lipinski definition) is 4. The van der Waals surface area contributed by atoms with E-state index in [1.807, 2.05) is 12.2 Å². The molecular weight excluding hydrogens is 485 g/mol. The number of benzene rings is 1. The molecule has 7 nitrogen and oxygen atoms in total. The first-order chi connectivity index (χ1) is 16.6. The maximum atomic E-state index is 14.0.